The number of hydrogen-bond donors (Lipinski definition) is 2. The molecule has 4 nitrogen and oxygen atoms in total. The molecular weight excluding hydrogens is 304 g/mol. The van der Waals surface area contributed by atoms with E-state index >= 15 is 0 Å². The van der Waals surface area contributed by atoms with Crippen LogP contribution in [0.5, 0.6) is 0 Å². The van der Waals surface area contributed by atoms with Crippen LogP contribution < -0.4 is 0 Å². The third-order valence-electron chi connectivity index (χ3n) is 2.95. The van der Waals surface area contributed by atoms with Crippen LogP contribution in [0.3, 0.4) is 0 Å². The highest BCUT2D eigenvalue weighted by Crippen LogP contribution is 2.14. The monoisotopic (exact) mass is 338 g/mol. The summed E-state index contributed by atoms with van der Waals surface area (Å²) in [6.07, 6.45) is 1.96. The normalized spacial score (nSPS) is 12.2. The van der Waals surface area contributed by atoms with E-state index in [9.17, 15) is 9.90 Å². The van der Waals surface area contributed by atoms with Crippen molar-refractivity contribution >= 4 is 6.29 Å². The largest absolute Gasteiger partial charge is 0.396 e. The standard InChI is InChI=1S/C14H20O3.C4H10O.C2H4/c1-12(16)9-14(11-17-8-7-15)10-13-5-3-2-4-6-13;1-4(2)3-5;1-2/h2-7,12,14,16H,8-11H2,1H3;4-5H,3H2,1-2H3;1-2H2. The fourth-order valence-electron chi connectivity index (χ4n) is 1.92. The topological polar surface area (TPSA) is 66.8 Å². The predicted octanol–water partition coefficient (Wildman–Crippen LogP) is 3.27. The number of benzene rings is 1. The van der Waals surface area contributed by atoms with Crippen molar-refractivity contribution < 1.29 is 19.7 Å². The van der Waals surface area contributed by atoms with Crippen LogP contribution in [0.1, 0.15) is 32.8 Å². The van der Waals surface area contributed by atoms with Gasteiger partial charge in [0, 0.05) is 6.61 Å². The second kappa shape index (κ2) is 17.9. The second-order valence-electron chi connectivity index (χ2n) is 5.92. The van der Waals surface area contributed by atoms with E-state index in [0.29, 0.717) is 25.6 Å². The molecule has 1 aromatic rings. The lowest BCUT2D eigenvalue weighted by molar-refractivity contribution is -0.112. The van der Waals surface area contributed by atoms with Crippen molar-refractivity contribution in [3.05, 3.63) is 49.1 Å². The molecule has 0 heterocycles. The maximum absolute atomic E-state index is 10.2. The van der Waals surface area contributed by atoms with Gasteiger partial charge in [0.1, 0.15) is 12.9 Å². The van der Waals surface area contributed by atoms with Gasteiger partial charge in [-0.05, 0) is 37.2 Å². The van der Waals surface area contributed by atoms with Crippen molar-refractivity contribution in [3.63, 3.8) is 0 Å². The summed E-state index contributed by atoms with van der Waals surface area (Å²) in [4.78, 5) is 10.2. The Hall–Kier alpha value is -1.49. The van der Waals surface area contributed by atoms with Gasteiger partial charge in [-0.3, -0.25) is 0 Å². The van der Waals surface area contributed by atoms with Gasteiger partial charge in [0.25, 0.3) is 0 Å². The SMILES string of the molecule is C=C.CC(C)CO.CC(O)CC(COCC=O)Cc1ccccc1. The summed E-state index contributed by atoms with van der Waals surface area (Å²) >= 11 is 0. The van der Waals surface area contributed by atoms with E-state index in [1.165, 1.54) is 5.56 Å². The third-order valence-corrected chi connectivity index (χ3v) is 2.95. The van der Waals surface area contributed by atoms with Gasteiger partial charge in [-0.15, -0.1) is 13.2 Å². The van der Waals surface area contributed by atoms with Crippen LogP contribution in [0.4, 0.5) is 0 Å². The highest BCUT2D eigenvalue weighted by atomic mass is 16.5. The third kappa shape index (κ3) is 16.9. The number of hydrogen-bond acceptors (Lipinski definition) is 4. The van der Waals surface area contributed by atoms with Crippen LogP contribution >= 0.6 is 0 Å². The molecule has 4 heteroatoms. The number of carbonyl (C=O) groups is 1. The molecule has 0 fully saturated rings. The molecule has 24 heavy (non-hydrogen) atoms. The smallest absolute Gasteiger partial charge is 0.145 e. The first-order chi connectivity index (χ1) is 11.5. The lowest BCUT2D eigenvalue weighted by Gasteiger charge is -2.18. The fourth-order valence-corrected chi connectivity index (χ4v) is 1.92. The van der Waals surface area contributed by atoms with Gasteiger partial charge in [-0.25, -0.2) is 0 Å². The van der Waals surface area contributed by atoms with E-state index in [1.54, 1.807) is 6.92 Å². The fraction of sp³-hybridized carbons (Fsp3) is 0.550. The minimum atomic E-state index is -0.344. The molecule has 0 amide bonds. The van der Waals surface area contributed by atoms with Crippen LogP contribution in [0.2, 0.25) is 0 Å². The van der Waals surface area contributed by atoms with Crippen molar-refractivity contribution in [2.45, 2.75) is 39.7 Å². The van der Waals surface area contributed by atoms with E-state index < -0.39 is 0 Å². The van der Waals surface area contributed by atoms with Gasteiger partial charge >= 0.3 is 0 Å². The molecule has 0 bridgehead atoms. The second-order valence-corrected chi connectivity index (χ2v) is 5.92. The Kier molecular flexibility index (Phi) is 18.4. The van der Waals surface area contributed by atoms with E-state index in [-0.39, 0.29) is 18.6 Å². The summed E-state index contributed by atoms with van der Waals surface area (Å²) in [7, 11) is 0. The quantitative estimate of drug-likeness (QED) is 0.412. The lowest BCUT2D eigenvalue weighted by atomic mass is 9.95. The van der Waals surface area contributed by atoms with Crippen LogP contribution in [-0.4, -0.2) is 42.4 Å². The van der Waals surface area contributed by atoms with Gasteiger partial charge in [-0.1, -0.05) is 44.2 Å². The predicted molar refractivity (Wildman–Crippen MR) is 100.0 cm³/mol. The van der Waals surface area contributed by atoms with Crippen LogP contribution in [0, 0.1) is 11.8 Å². The molecular formula is C20H34O4. The maximum atomic E-state index is 10.2. The van der Waals surface area contributed by atoms with Crippen molar-refractivity contribution in [1.82, 2.24) is 0 Å². The van der Waals surface area contributed by atoms with E-state index in [2.05, 4.69) is 25.3 Å². The molecule has 0 radical (unpaired) electrons. The summed E-state index contributed by atoms with van der Waals surface area (Å²) in [5.41, 5.74) is 1.23. The van der Waals surface area contributed by atoms with Crippen LogP contribution in [-0.2, 0) is 16.0 Å². The Labute approximate surface area is 147 Å². The van der Waals surface area contributed by atoms with Crippen LogP contribution in [0.25, 0.3) is 0 Å². The minimum absolute atomic E-state index is 0.130. The summed E-state index contributed by atoms with van der Waals surface area (Å²) in [5.74, 6) is 0.687. The number of rotatable bonds is 9. The number of aliphatic hydroxyl groups excluding tert-OH is 2. The average molecular weight is 338 g/mol. The van der Waals surface area contributed by atoms with Crippen molar-refractivity contribution in [2.24, 2.45) is 11.8 Å². The Morgan fingerprint density at radius 3 is 2.12 bits per heavy atom. The molecule has 1 aromatic carbocycles. The molecule has 0 aliphatic heterocycles. The van der Waals surface area contributed by atoms with Crippen LogP contribution in [0.15, 0.2) is 43.5 Å². The molecule has 0 spiro atoms. The zero-order valence-corrected chi connectivity index (χ0v) is 15.4. The first-order valence-corrected chi connectivity index (χ1v) is 8.33. The Bertz CT molecular complexity index is 376. The number of ether oxygens (including phenoxy) is 1. The molecule has 2 atom stereocenters. The number of carbonyl (C=O) groups excluding carboxylic acids is 1. The first-order valence-electron chi connectivity index (χ1n) is 8.33. The lowest BCUT2D eigenvalue weighted by Crippen LogP contribution is -2.18. The van der Waals surface area contributed by atoms with E-state index in [1.807, 2.05) is 32.0 Å². The highest BCUT2D eigenvalue weighted by molar-refractivity contribution is 5.50. The van der Waals surface area contributed by atoms with Crippen molar-refractivity contribution in [3.8, 4) is 0 Å². The Morgan fingerprint density at radius 1 is 1.17 bits per heavy atom. The molecule has 0 aromatic heterocycles. The average Bonchev–Trinajstić information content (AvgIpc) is 2.58. The van der Waals surface area contributed by atoms with Crippen molar-refractivity contribution in [2.75, 3.05) is 19.8 Å². The molecule has 0 saturated heterocycles. The van der Waals surface area contributed by atoms with Gasteiger partial charge in [0.2, 0.25) is 0 Å². The Balaban J connectivity index is 0. The first kappa shape index (κ1) is 24.8. The maximum Gasteiger partial charge on any atom is 0.145 e. The molecule has 1 rings (SSSR count). The summed E-state index contributed by atoms with van der Waals surface area (Å²) in [6.45, 7) is 12.7. The number of aldehydes is 1. The molecule has 0 aliphatic rings. The molecule has 138 valence electrons. The molecule has 0 saturated carbocycles. The zero-order chi connectivity index (χ0) is 18.8. The molecule has 0 aliphatic carbocycles. The summed E-state index contributed by atoms with van der Waals surface area (Å²) < 4.78 is 5.24. The Morgan fingerprint density at radius 2 is 1.71 bits per heavy atom. The van der Waals surface area contributed by atoms with Gasteiger partial charge in [0.15, 0.2) is 0 Å². The zero-order valence-electron chi connectivity index (χ0n) is 15.4. The van der Waals surface area contributed by atoms with E-state index in [4.69, 9.17) is 9.84 Å². The highest BCUT2D eigenvalue weighted by Gasteiger charge is 2.12. The van der Waals surface area contributed by atoms with Gasteiger partial charge in [-0.2, -0.15) is 0 Å². The van der Waals surface area contributed by atoms with E-state index in [0.717, 1.165) is 12.7 Å². The van der Waals surface area contributed by atoms with Crippen molar-refractivity contribution in [1.29, 1.82) is 0 Å². The summed E-state index contributed by atoms with van der Waals surface area (Å²) in [6, 6.07) is 10.1. The molecule has 2 unspecified atom stereocenters. The summed E-state index contributed by atoms with van der Waals surface area (Å²) in [5, 5.41) is 17.6. The minimum Gasteiger partial charge on any atom is -0.396 e. The number of aliphatic hydroxyl groups is 2. The molecule has 2 N–H and O–H groups in total. The van der Waals surface area contributed by atoms with Gasteiger partial charge in [0.05, 0.1) is 12.7 Å². The van der Waals surface area contributed by atoms with Gasteiger partial charge < -0.3 is 19.7 Å².